The Morgan fingerprint density at radius 3 is 2.71 bits per heavy atom. The van der Waals surface area contributed by atoms with Crippen LogP contribution in [0, 0.1) is 0 Å². The number of hydrogen-bond acceptors (Lipinski definition) is 5. The third kappa shape index (κ3) is 2.73. The monoisotopic (exact) mass is 328 g/mol. The molecule has 1 aliphatic carbocycles. The van der Waals surface area contributed by atoms with Gasteiger partial charge in [0.25, 0.3) is 0 Å². The van der Waals surface area contributed by atoms with Crippen molar-refractivity contribution in [2.75, 3.05) is 11.9 Å². The van der Waals surface area contributed by atoms with Gasteiger partial charge in [-0.1, -0.05) is 18.2 Å². The van der Waals surface area contributed by atoms with E-state index in [-0.39, 0.29) is 24.7 Å². The molecular weight excluding hydrogens is 308 g/mol. The molecule has 2 atom stereocenters. The van der Waals surface area contributed by atoms with E-state index in [1.807, 2.05) is 35.0 Å². The predicted molar refractivity (Wildman–Crippen MR) is 86.2 cm³/mol. The number of hydrogen-bond donors (Lipinski definition) is 2. The smallest absolute Gasteiger partial charge is 0.322 e. The lowest BCUT2D eigenvalue weighted by Gasteiger charge is -2.29. The van der Waals surface area contributed by atoms with Crippen molar-refractivity contribution >= 4 is 11.7 Å². The highest BCUT2D eigenvalue weighted by atomic mass is 16.3. The molecular formula is C16H20N6O2. The lowest BCUT2D eigenvalue weighted by atomic mass is 10.2. The summed E-state index contributed by atoms with van der Waals surface area (Å²) < 4.78 is 1.84. The second-order valence-corrected chi connectivity index (χ2v) is 6.35. The Kier molecular flexibility index (Phi) is 3.89. The van der Waals surface area contributed by atoms with Crippen molar-refractivity contribution in [2.24, 2.45) is 0 Å². The van der Waals surface area contributed by atoms with E-state index in [0.717, 1.165) is 37.2 Å². The quantitative estimate of drug-likeness (QED) is 0.891. The Bertz CT molecular complexity index is 714. The molecule has 2 amide bonds. The highest BCUT2D eigenvalue weighted by Gasteiger charge is 2.42. The number of urea groups is 1. The van der Waals surface area contributed by atoms with Crippen molar-refractivity contribution in [1.82, 2.24) is 25.1 Å². The first-order valence-electron chi connectivity index (χ1n) is 8.31. The molecule has 2 N–H and O–H groups in total. The van der Waals surface area contributed by atoms with Crippen molar-refractivity contribution in [1.29, 1.82) is 0 Å². The molecule has 2 aromatic rings. The third-order valence-corrected chi connectivity index (χ3v) is 4.68. The molecule has 24 heavy (non-hydrogen) atoms. The van der Waals surface area contributed by atoms with Crippen LogP contribution >= 0.6 is 0 Å². The number of nitrogens with one attached hydrogen (secondary N) is 1. The van der Waals surface area contributed by atoms with Crippen molar-refractivity contribution < 1.29 is 9.90 Å². The maximum absolute atomic E-state index is 12.8. The Hall–Kier alpha value is -2.48. The highest BCUT2D eigenvalue weighted by molar-refractivity contribution is 5.90. The fraction of sp³-hybridized carbons (Fsp3) is 0.500. The van der Waals surface area contributed by atoms with E-state index in [0.29, 0.717) is 6.04 Å². The van der Waals surface area contributed by atoms with Crippen LogP contribution in [-0.4, -0.2) is 48.9 Å². The van der Waals surface area contributed by atoms with E-state index in [4.69, 9.17) is 0 Å². The van der Waals surface area contributed by atoms with Crippen LogP contribution in [0.1, 0.15) is 43.6 Å². The summed E-state index contributed by atoms with van der Waals surface area (Å²) in [6.45, 7) is -0.0658. The van der Waals surface area contributed by atoms with Gasteiger partial charge in [-0.25, -0.2) is 9.48 Å². The van der Waals surface area contributed by atoms with Crippen LogP contribution in [0.4, 0.5) is 10.5 Å². The maximum Gasteiger partial charge on any atom is 0.322 e. The molecule has 8 heteroatoms. The summed E-state index contributed by atoms with van der Waals surface area (Å²) >= 11 is 0. The zero-order valence-corrected chi connectivity index (χ0v) is 13.2. The van der Waals surface area contributed by atoms with E-state index < -0.39 is 0 Å². The summed E-state index contributed by atoms with van der Waals surface area (Å²) in [7, 11) is 0. The van der Waals surface area contributed by atoms with Crippen molar-refractivity contribution in [2.45, 2.75) is 43.8 Å². The van der Waals surface area contributed by atoms with Crippen LogP contribution in [-0.2, 0) is 0 Å². The van der Waals surface area contributed by atoms with Gasteiger partial charge in [0.1, 0.15) is 0 Å². The number of para-hydroxylation sites is 1. The largest absolute Gasteiger partial charge is 0.394 e. The van der Waals surface area contributed by atoms with Crippen molar-refractivity contribution in [3.8, 4) is 0 Å². The molecule has 1 saturated heterocycles. The first-order valence-corrected chi connectivity index (χ1v) is 8.31. The van der Waals surface area contributed by atoms with E-state index in [1.54, 1.807) is 4.90 Å². The molecule has 2 heterocycles. The molecule has 0 spiro atoms. The van der Waals surface area contributed by atoms with E-state index >= 15 is 0 Å². The fourth-order valence-electron chi connectivity index (χ4n) is 3.33. The SMILES string of the molecule is O=C(Nc1ccccc1)N1[C@H](CO)CC[C@@H]1c1nnnn1C1CC1. The lowest BCUT2D eigenvalue weighted by Crippen LogP contribution is -2.42. The van der Waals surface area contributed by atoms with E-state index in [1.165, 1.54) is 0 Å². The molecule has 126 valence electrons. The van der Waals surface area contributed by atoms with Gasteiger partial charge in [0, 0.05) is 5.69 Å². The molecule has 4 rings (SSSR count). The standard InChI is InChI=1S/C16H20N6O2/c23-10-13-8-9-14(15-18-19-20-22(15)12-6-7-12)21(13)16(24)17-11-4-2-1-3-5-11/h1-5,12-14,23H,6-10H2,(H,17,24)/t13-,14+/m0/s1. The number of tetrazole rings is 1. The topological polar surface area (TPSA) is 96.2 Å². The van der Waals surface area contributed by atoms with Crippen LogP contribution in [0.15, 0.2) is 30.3 Å². The number of rotatable bonds is 4. The van der Waals surface area contributed by atoms with Gasteiger partial charge in [0.2, 0.25) is 0 Å². The molecule has 1 aromatic carbocycles. The number of aromatic nitrogens is 4. The van der Waals surface area contributed by atoms with Crippen molar-refractivity contribution in [3.63, 3.8) is 0 Å². The van der Waals surface area contributed by atoms with Crippen LogP contribution in [0.5, 0.6) is 0 Å². The number of anilines is 1. The summed E-state index contributed by atoms with van der Waals surface area (Å²) in [6.07, 6.45) is 3.64. The van der Waals surface area contributed by atoms with Gasteiger partial charge < -0.3 is 15.3 Å². The van der Waals surface area contributed by atoms with Gasteiger partial charge in [-0.2, -0.15) is 0 Å². The molecule has 2 fully saturated rings. The number of amides is 2. The summed E-state index contributed by atoms with van der Waals surface area (Å²) in [5.41, 5.74) is 0.728. The molecule has 2 aliphatic rings. The predicted octanol–water partition coefficient (Wildman–Crippen LogP) is 1.74. The minimum absolute atomic E-state index is 0.0658. The summed E-state index contributed by atoms with van der Waals surface area (Å²) in [5.74, 6) is 0.719. The Morgan fingerprint density at radius 2 is 2.00 bits per heavy atom. The van der Waals surface area contributed by atoms with Crippen LogP contribution in [0.2, 0.25) is 0 Å². The Morgan fingerprint density at radius 1 is 1.21 bits per heavy atom. The maximum atomic E-state index is 12.8. The first-order chi connectivity index (χ1) is 11.8. The molecule has 1 aliphatic heterocycles. The van der Waals surface area contributed by atoms with E-state index in [2.05, 4.69) is 20.8 Å². The number of carbonyl (C=O) groups is 1. The summed E-state index contributed by atoms with van der Waals surface area (Å²) in [4.78, 5) is 14.5. The molecule has 8 nitrogen and oxygen atoms in total. The molecule has 0 unspecified atom stereocenters. The average molecular weight is 328 g/mol. The van der Waals surface area contributed by atoms with Gasteiger partial charge in [0.15, 0.2) is 5.82 Å². The van der Waals surface area contributed by atoms with Crippen LogP contribution in [0.25, 0.3) is 0 Å². The number of aliphatic hydroxyl groups is 1. The minimum Gasteiger partial charge on any atom is -0.394 e. The fourth-order valence-corrected chi connectivity index (χ4v) is 3.33. The summed E-state index contributed by atoms with van der Waals surface area (Å²) in [5, 5.41) is 24.6. The van der Waals surface area contributed by atoms with Crippen molar-refractivity contribution in [3.05, 3.63) is 36.2 Å². The lowest BCUT2D eigenvalue weighted by molar-refractivity contribution is 0.143. The number of likely N-dealkylation sites (tertiary alicyclic amines) is 1. The number of aliphatic hydroxyl groups excluding tert-OH is 1. The normalized spacial score (nSPS) is 23.5. The molecule has 1 aromatic heterocycles. The van der Waals surface area contributed by atoms with Gasteiger partial charge in [-0.3, -0.25) is 0 Å². The van der Waals surface area contributed by atoms with Gasteiger partial charge >= 0.3 is 6.03 Å². The van der Waals surface area contributed by atoms with Gasteiger partial charge in [-0.05, 0) is 48.2 Å². The molecule has 0 bridgehead atoms. The van der Waals surface area contributed by atoms with Gasteiger partial charge in [-0.15, -0.1) is 5.10 Å². The second kappa shape index (κ2) is 6.20. The third-order valence-electron chi connectivity index (χ3n) is 4.68. The zero-order chi connectivity index (χ0) is 16.5. The number of benzene rings is 1. The Labute approximate surface area is 139 Å². The highest BCUT2D eigenvalue weighted by Crippen LogP contribution is 2.40. The van der Waals surface area contributed by atoms with Gasteiger partial charge in [0.05, 0.1) is 24.7 Å². The van der Waals surface area contributed by atoms with Crippen LogP contribution in [0.3, 0.4) is 0 Å². The zero-order valence-electron chi connectivity index (χ0n) is 13.2. The average Bonchev–Trinajstić information content (AvgIpc) is 3.18. The molecule has 0 radical (unpaired) electrons. The summed E-state index contributed by atoms with van der Waals surface area (Å²) in [6, 6.07) is 9.01. The van der Waals surface area contributed by atoms with E-state index in [9.17, 15) is 9.90 Å². The number of nitrogens with zero attached hydrogens (tertiary/aromatic N) is 5. The number of carbonyl (C=O) groups excluding carboxylic acids is 1. The molecule has 1 saturated carbocycles. The first kappa shape index (κ1) is 15.1. The Balaban J connectivity index is 1.59. The van der Waals surface area contributed by atoms with Crippen LogP contribution < -0.4 is 5.32 Å². The minimum atomic E-state index is -0.229. The second-order valence-electron chi connectivity index (χ2n) is 6.35.